The molecule has 0 saturated carbocycles. The van der Waals surface area contributed by atoms with Crippen molar-refractivity contribution in [3.8, 4) is 0 Å². The molecule has 5 rings (SSSR count). The number of benzene rings is 5. The van der Waals surface area contributed by atoms with Crippen molar-refractivity contribution in [3.63, 3.8) is 0 Å². The van der Waals surface area contributed by atoms with Crippen molar-refractivity contribution in [3.05, 3.63) is 167 Å². The number of hydrogen-bond donors (Lipinski definition) is 3. The van der Waals surface area contributed by atoms with Gasteiger partial charge in [0.1, 0.15) is 10.9 Å². The highest BCUT2D eigenvalue weighted by atomic mass is 32.2. The fourth-order valence-electron chi connectivity index (χ4n) is 4.63. The summed E-state index contributed by atoms with van der Waals surface area (Å²) in [5, 5.41) is 8.25. The Morgan fingerprint density at radius 1 is 0.689 bits per heavy atom. The molecule has 0 bridgehead atoms. The Kier molecular flexibility index (Phi) is 10.2. The first kappa shape index (κ1) is 31.0. The molecule has 0 aromatic heterocycles. The summed E-state index contributed by atoms with van der Waals surface area (Å²) in [6, 6.07) is 41.0. The Labute approximate surface area is 267 Å². The quantitative estimate of drug-likeness (QED) is 0.110. The first-order valence-corrected chi connectivity index (χ1v) is 15.4. The van der Waals surface area contributed by atoms with Crippen LogP contribution in [0.5, 0.6) is 0 Å². The number of carbonyl (C=O) groups excluding carboxylic acids is 3. The van der Waals surface area contributed by atoms with Crippen LogP contribution < -0.4 is 16.0 Å². The van der Waals surface area contributed by atoms with Gasteiger partial charge in [0.2, 0.25) is 5.91 Å². The highest BCUT2D eigenvalue weighted by Crippen LogP contribution is 2.37. The van der Waals surface area contributed by atoms with Crippen LogP contribution in [0.4, 0.5) is 11.4 Å². The lowest BCUT2D eigenvalue weighted by molar-refractivity contribution is -0.116. The Morgan fingerprint density at radius 3 is 2.04 bits per heavy atom. The second kappa shape index (κ2) is 14.9. The maximum Gasteiger partial charge on any atom is 0.272 e. The van der Waals surface area contributed by atoms with Gasteiger partial charge in [-0.15, -0.1) is 11.8 Å². The molecule has 0 aliphatic carbocycles. The van der Waals surface area contributed by atoms with E-state index in [1.165, 1.54) is 11.8 Å². The van der Waals surface area contributed by atoms with Crippen LogP contribution in [-0.2, 0) is 9.59 Å². The minimum atomic E-state index is -0.497. The summed E-state index contributed by atoms with van der Waals surface area (Å²) < 4.78 is 0. The molecular formula is C38H33N3O3S. The van der Waals surface area contributed by atoms with Crippen LogP contribution in [0.3, 0.4) is 0 Å². The van der Waals surface area contributed by atoms with Crippen molar-refractivity contribution in [1.82, 2.24) is 5.32 Å². The topological polar surface area (TPSA) is 87.3 Å². The third-order valence-electron chi connectivity index (χ3n) is 6.99. The minimum Gasteiger partial charge on any atom is -0.325 e. The summed E-state index contributed by atoms with van der Waals surface area (Å²) >= 11 is 1.42. The molecule has 0 saturated heterocycles. The number of anilines is 2. The number of rotatable bonds is 10. The van der Waals surface area contributed by atoms with Crippen molar-refractivity contribution in [2.75, 3.05) is 10.6 Å². The zero-order valence-electron chi connectivity index (χ0n) is 25.0. The van der Waals surface area contributed by atoms with Gasteiger partial charge in [-0.2, -0.15) is 0 Å². The molecule has 3 amide bonds. The Morgan fingerprint density at radius 2 is 1.36 bits per heavy atom. The molecule has 0 heterocycles. The molecule has 0 aliphatic rings. The second-order valence-electron chi connectivity index (χ2n) is 10.5. The summed E-state index contributed by atoms with van der Waals surface area (Å²) in [5.41, 5.74) is 5.57. The molecule has 0 aliphatic heterocycles. The molecule has 6 nitrogen and oxygen atoms in total. The molecular weight excluding hydrogens is 579 g/mol. The van der Waals surface area contributed by atoms with Gasteiger partial charge < -0.3 is 16.0 Å². The van der Waals surface area contributed by atoms with E-state index in [2.05, 4.69) is 16.0 Å². The van der Waals surface area contributed by atoms with Gasteiger partial charge in [-0.25, -0.2) is 0 Å². The monoisotopic (exact) mass is 611 g/mol. The molecule has 0 spiro atoms. The molecule has 1 unspecified atom stereocenters. The number of carbonyl (C=O) groups is 3. The summed E-state index contributed by atoms with van der Waals surface area (Å²) in [7, 11) is 0. The van der Waals surface area contributed by atoms with E-state index in [1.807, 2.05) is 111 Å². The van der Waals surface area contributed by atoms with Gasteiger partial charge in [0.05, 0.1) is 0 Å². The second-order valence-corrected chi connectivity index (χ2v) is 11.7. The molecule has 45 heavy (non-hydrogen) atoms. The summed E-state index contributed by atoms with van der Waals surface area (Å²) in [6.07, 6.45) is 1.66. The Bertz CT molecular complexity index is 1820. The molecule has 3 N–H and O–H groups in total. The molecule has 0 fully saturated rings. The van der Waals surface area contributed by atoms with Crippen molar-refractivity contribution in [1.29, 1.82) is 0 Å². The average molecular weight is 612 g/mol. The molecule has 5 aromatic carbocycles. The van der Waals surface area contributed by atoms with Crippen molar-refractivity contribution in [2.45, 2.75) is 24.0 Å². The third-order valence-corrected chi connectivity index (χ3v) is 8.26. The Hall–Kier alpha value is -5.40. The van der Waals surface area contributed by atoms with Crippen LogP contribution >= 0.6 is 11.8 Å². The number of thioether (sulfide) groups is 1. The number of para-hydroxylation sites is 1. The minimum absolute atomic E-state index is 0.116. The number of nitrogens with one attached hydrogen (secondary N) is 3. The summed E-state index contributed by atoms with van der Waals surface area (Å²) in [5.74, 6) is -0.966. The van der Waals surface area contributed by atoms with E-state index in [-0.39, 0.29) is 17.5 Å². The maximum atomic E-state index is 13.5. The van der Waals surface area contributed by atoms with Gasteiger partial charge in [-0.05, 0) is 79.1 Å². The van der Waals surface area contributed by atoms with Crippen molar-refractivity contribution >= 4 is 46.9 Å². The van der Waals surface area contributed by atoms with Gasteiger partial charge >= 0.3 is 0 Å². The largest absolute Gasteiger partial charge is 0.325 e. The number of hydrogen-bond acceptors (Lipinski definition) is 4. The van der Waals surface area contributed by atoms with Crippen molar-refractivity contribution < 1.29 is 14.4 Å². The zero-order chi connectivity index (χ0) is 31.6. The van der Waals surface area contributed by atoms with Gasteiger partial charge in [0.25, 0.3) is 11.8 Å². The van der Waals surface area contributed by atoms with E-state index in [4.69, 9.17) is 0 Å². The molecule has 7 heteroatoms. The molecule has 1 atom stereocenters. The van der Waals surface area contributed by atoms with E-state index in [9.17, 15) is 14.4 Å². The lowest BCUT2D eigenvalue weighted by atomic mass is 10.1. The van der Waals surface area contributed by atoms with Crippen LogP contribution in [0, 0.1) is 13.8 Å². The first-order valence-electron chi connectivity index (χ1n) is 14.5. The normalized spacial score (nSPS) is 11.7. The molecule has 5 aromatic rings. The third kappa shape index (κ3) is 8.59. The smallest absolute Gasteiger partial charge is 0.272 e. The highest BCUT2D eigenvalue weighted by Gasteiger charge is 2.23. The highest BCUT2D eigenvalue weighted by molar-refractivity contribution is 8.00. The predicted octanol–water partition coefficient (Wildman–Crippen LogP) is 8.19. The fourth-order valence-corrected chi connectivity index (χ4v) is 5.66. The summed E-state index contributed by atoms with van der Waals surface area (Å²) in [4.78, 5) is 40.8. The van der Waals surface area contributed by atoms with Crippen molar-refractivity contribution in [2.24, 2.45) is 0 Å². The van der Waals surface area contributed by atoms with E-state index in [1.54, 1.807) is 42.5 Å². The molecule has 0 radical (unpaired) electrons. The van der Waals surface area contributed by atoms with Crippen LogP contribution in [0.15, 0.2) is 144 Å². The fraction of sp³-hybridized carbons (Fsp3) is 0.0789. The number of aryl methyl sites for hydroxylation is 2. The van der Waals surface area contributed by atoms with Gasteiger partial charge in [0, 0.05) is 21.8 Å². The lowest BCUT2D eigenvalue weighted by Gasteiger charge is -2.18. The van der Waals surface area contributed by atoms with Gasteiger partial charge in [-0.1, -0.05) is 96.6 Å². The van der Waals surface area contributed by atoms with Crippen LogP contribution in [0.2, 0.25) is 0 Å². The first-order chi connectivity index (χ1) is 21.9. The van der Waals surface area contributed by atoms with E-state index >= 15 is 0 Å². The Balaban J connectivity index is 1.33. The van der Waals surface area contributed by atoms with Crippen LogP contribution in [0.1, 0.15) is 37.9 Å². The van der Waals surface area contributed by atoms with E-state index < -0.39 is 11.2 Å². The van der Waals surface area contributed by atoms with Gasteiger partial charge in [-0.3, -0.25) is 14.4 Å². The van der Waals surface area contributed by atoms with Crippen LogP contribution in [0.25, 0.3) is 6.08 Å². The standard InChI is InChI=1S/C38H33N3O3S/c1-26-12-11-14-28(24-26)25-34(41-36(42)30-17-7-4-8-18-30)37(43)39-31-20-22-32(23-21-31)45-35(29-15-5-3-6-16-29)38(44)40-33-19-10-9-13-27(33)2/h3-25,35H,1-2H3,(H,39,43)(H,40,44)(H,41,42)/b34-25-. The molecule has 224 valence electrons. The SMILES string of the molecule is Cc1cccc(/C=C(\NC(=O)c2ccccc2)C(=O)Nc2ccc(SC(C(=O)Nc3ccccc3C)c3ccccc3)cc2)c1. The lowest BCUT2D eigenvalue weighted by Crippen LogP contribution is -2.30. The average Bonchev–Trinajstić information content (AvgIpc) is 3.06. The van der Waals surface area contributed by atoms with Gasteiger partial charge in [0.15, 0.2) is 0 Å². The predicted molar refractivity (Wildman–Crippen MR) is 183 cm³/mol. The zero-order valence-corrected chi connectivity index (χ0v) is 25.8. The summed E-state index contributed by atoms with van der Waals surface area (Å²) in [6.45, 7) is 3.93. The van der Waals surface area contributed by atoms with E-state index in [0.717, 1.165) is 32.8 Å². The number of amides is 3. The van der Waals surface area contributed by atoms with E-state index in [0.29, 0.717) is 11.3 Å². The maximum absolute atomic E-state index is 13.5. The van der Waals surface area contributed by atoms with Crippen LogP contribution in [-0.4, -0.2) is 17.7 Å².